The highest BCUT2D eigenvalue weighted by molar-refractivity contribution is 4.77. The van der Waals surface area contributed by atoms with E-state index in [1.165, 1.54) is 12.5 Å². The first-order valence-corrected chi connectivity index (χ1v) is 3.68. The number of hydrogen-bond acceptors (Lipinski definition) is 6. The lowest BCUT2D eigenvalue weighted by Gasteiger charge is -1.63. The molecule has 0 aliphatic heterocycles. The van der Waals surface area contributed by atoms with Gasteiger partial charge in [-0.05, 0) is 13.8 Å². The van der Waals surface area contributed by atoms with Crippen molar-refractivity contribution in [2.24, 2.45) is 0 Å². The summed E-state index contributed by atoms with van der Waals surface area (Å²) in [6, 6.07) is 0. The summed E-state index contributed by atoms with van der Waals surface area (Å²) in [5.74, 6) is -0.273. The van der Waals surface area contributed by atoms with Crippen molar-refractivity contribution in [2.75, 3.05) is 0 Å². The molecule has 76 valence electrons. The molecule has 0 aliphatic carbocycles. The van der Waals surface area contributed by atoms with Crippen molar-refractivity contribution in [3.63, 3.8) is 0 Å². The van der Waals surface area contributed by atoms with Crippen LogP contribution < -0.4 is 11.6 Å². The van der Waals surface area contributed by atoms with Crippen LogP contribution in [0.3, 0.4) is 0 Å². The van der Waals surface area contributed by atoms with Crippen LogP contribution in [0.4, 0.5) is 0 Å². The van der Waals surface area contributed by atoms with Gasteiger partial charge in [-0.1, -0.05) is 0 Å². The molecule has 2 aromatic rings. The molecule has 0 radical (unpaired) electrons. The summed E-state index contributed by atoms with van der Waals surface area (Å²) >= 11 is 0. The van der Waals surface area contributed by atoms with Gasteiger partial charge in [0.05, 0.1) is 0 Å². The first kappa shape index (κ1) is 10.1. The SMILES string of the molecule is Cc1coc(=O)o1.Cc1coc(=O)o1. The summed E-state index contributed by atoms with van der Waals surface area (Å²) in [6.07, 6.45) is 2.53. The largest absolute Gasteiger partial charge is 0.518 e. The maximum Gasteiger partial charge on any atom is 0.518 e. The molecule has 0 N–H and O–H groups in total. The van der Waals surface area contributed by atoms with E-state index in [9.17, 15) is 9.59 Å². The molecule has 0 bridgehead atoms. The van der Waals surface area contributed by atoms with Crippen molar-refractivity contribution in [3.05, 3.63) is 45.3 Å². The van der Waals surface area contributed by atoms with Crippen LogP contribution >= 0.6 is 0 Å². The van der Waals surface area contributed by atoms with Crippen molar-refractivity contribution in [3.8, 4) is 0 Å². The van der Waals surface area contributed by atoms with Crippen molar-refractivity contribution < 1.29 is 17.7 Å². The van der Waals surface area contributed by atoms with E-state index in [0.29, 0.717) is 11.5 Å². The molecule has 0 aromatic carbocycles. The van der Waals surface area contributed by atoms with Crippen molar-refractivity contribution in [2.45, 2.75) is 13.8 Å². The minimum Gasteiger partial charge on any atom is -0.399 e. The lowest BCUT2D eigenvalue weighted by atomic mass is 10.6. The Morgan fingerprint density at radius 3 is 1.29 bits per heavy atom. The van der Waals surface area contributed by atoms with E-state index in [1.54, 1.807) is 13.8 Å². The molecule has 2 aromatic heterocycles. The quantitative estimate of drug-likeness (QED) is 0.632. The predicted molar refractivity (Wildman–Crippen MR) is 44.0 cm³/mol. The maximum absolute atomic E-state index is 9.96. The Morgan fingerprint density at radius 1 is 0.857 bits per heavy atom. The molecule has 2 heterocycles. The summed E-state index contributed by atoms with van der Waals surface area (Å²) < 4.78 is 17.2. The normalized spacial score (nSPS) is 9.29. The average Bonchev–Trinajstić information content (AvgIpc) is 2.63. The van der Waals surface area contributed by atoms with Gasteiger partial charge in [0.1, 0.15) is 24.0 Å². The zero-order chi connectivity index (χ0) is 10.6. The topological polar surface area (TPSA) is 86.7 Å². The number of hydrogen-bond donors (Lipinski definition) is 0. The second-order valence-corrected chi connectivity index (χ2v) is 2.40. The Hall–Kier alpha value is -1.98. The Labute approximate surface area is 77.7 Å². The molecule has 0 amide bonds. The summed E-state index contributed by atoms with van der Waals surface area (Å²) in [7, 11) is 0. The van der Waals surface area contributed by atoms with Gasteiger partial charge in [-0.15, -0.1) is 0 Å². The van der Waals surface area contributed by atoms with E-state index < -0.39 is 11.6 Å². The maximum atomic E-state index is 9.96. The molecule has 0 fully saturated rings. The fourth-order valence-electron chi connectivity index (χ4n) is 0.621. The third-order valence-electron chi connectivity index (χ3n) is 1.13. The van der Waals surface area contributed by atoms with Crippen LogP contribution in [0.5, 0.6) is 0 Å². The first-order chi connectivity index (χ1) is 6.58. The molecule has 0 saturated carbocycles. The number of aryl methyl sites for hydroxylation is 2. The summed E-state index contributed by atoms with van der Waals surface area (Å²) in [4.78, 5) is 19.9. The van der Waals surface area contributed by atoms with Crippen LogP contribution in [0.15, 0.2) is 39.8 Å². The molecule has 6 heteroatoms. The van der Waals surface area contributed by atoms with Gasteiger partial charge in [-0.2, -0.15) is 0 Å². The monoisotopic (exact) mass is 200 g/mol. The highest BCUT2D eigenvalue weighted by atomic mass is 16.6. The summed E-state index contributed by atoms with van der Waals surface area (Å²) in [5, 5.41) is 0. The standard InChI is InChI=1S/2C4H4O3/c2*1-3-2-6-4(5)7-3/h2*2H,1H3. The molecule has 0 unspecified atom stereocenters. The van der Waals surface area contributed by atoms with Crippen LogP contribution in [0.25, 0.3) is 0 Å². The second-order valence-electron chi connectivity index (χ2n) is 2.40. The van der Waals surface area contributed by atoms with Crippen LogP contribution in [-0.4, -0.2) is 0 Å². The van der Waals surface area contributed by atoms with Crippen LogP contribution in [0.1, 0.15) is 11.5 Å². The van der Waals surface area contributed by atoms with Crippen molar-refractivity contribution in [1.29, 1.82) is 0 Å². The first-order valence-electron chi connectivity index (χ1n) is 3.68. The van der Waals surface area contributed by atoms with Gasteiger partial charge < -0.3 is 17.7 Å². The minimum absolute atomic E-state index is 0.505. The zero-order valence-electron chi connectivity index (χ0n) is 7.60. The van der Waals surface area contributed by atoms with E-state index in [2.05, 4.69) is 17.7 Å². The highest BCUT2D eigenvalue weighted by Gasteiger charge is 1.89. The van der Waals surface area contributed by atoms with Gasteiger partial charge in [0, 0.05) is 0 Å². The molecule has 0 atom stereocenters. The molecule has 14 heavy (non-hydrogen) atoms. The van der Waals surface area contributed by atoms with Crippen molar-refractivity contribution in [1.82, 2.24) is 0 Å². The zero-order valence-corrected chi connectivity index (χ0v) is 7.60. The fourth-order valence-corrected chi connectivity index (χ4v) is 0.621. The summed E-state index contributed by atoms with van der Waals surface area (Å²) in [6.45, 7) is 3.29. The van der Waals surface area contributed by atoms with Gasteiger partial charge in [0.25, 0.3) is 0 Å². The van der Waals surface area contributed by atoms with Crippen LogP contribution in [-0.2, 0) is 0 Å². The van der Waals surface area contributed by atoms with Gasteiger partial charge in [-0.25, -0.2) is 9.59 Å². The average molecular weight is 200 g/mol. The lowest BCUT2D eigenvalue weighted by molar-refractivity contribution is 0.378. The smallest absolute Gasteiger partial charge is 0.399 e. The predicted octanol–water partition coefficient (Wildman–Crippen LogP) is 1.08. The molecule has 6 nitrogen and oxygen atoms in total. The minimum atomic E-state index is -0.641. The fraction of sp³-hybridized carbons (Fsp3) is 0.250. The molecular weight excluding hydrogens is 192 g/mol. The van der Waals surface area contributed by atoms with Crippen molar-refractivity contribution >= 4 is 0 Å². The molecule has 2 rings (SSSR count). The third kappa shape index (κ3) is 3.18. The molecule has 0 saturated heterocycles. The van der Waals surface area contributed by atoms with E-state index in [4.69, 9.17) is 0 Å². The van der Waals surface area contributed by atoms with E-state index >= 15 is 0 Å². The van der Waals surface area contributed by atoms with Crippen LogP contribution in [0, 0.1) is 13.8 Å². The van der Waals surface area contributed by atoms with Gasteiger partial charge in [0.15, 0.2) is 0 Å². The Bertz CT molecular complexity index is 436. The second kappa shape index (κ2) is 4.31. The van der Waals surface area contributed by atoms with E-state index in [1.807, 2.05) is 0 Å². The lowest BCUT2D eigenvalue weighted by Crippen LogP contribution is -1.84. The summed E-state index contributed by atoms with van der Waals surface area (Å²) in [5.41, 5.74) is 0. The van der Waals surface area contributed by atoms with Crippen LogP contribution in [0.2, 0.25) is 0 Å². The van der Waals surface area contributed by atoms with Gasteiger partial charge in [0.2, 0.25) is 0 Å². The molecular formula is C8H8O6. The molecule has 0 aliphatic rings. The Balaban J connectivity index is 0.000000140. The van der Waals surface area contributed by atoms with Gasteiger partial charge in [-0.3, -0.25) is 0 Å². The Kier molecular flexibility index (Phi) is 3.11. The Morgan fingerprint density at radius 2 is 1.21 bits per heavy atom. The van der Waals surface area contributed by atoms with E-state index in [-0.39, 0.29) is 0 Å². The number of rotatable bonds is 0. The third-order valence-corrected chi connectivity index (χ3v) is 1.13. The van der Waals surface area contributed by atoms with Gasteiger partial charge >= 0.3 is 11.6 Å². The molecule has 0 spiro atoms. The van der Waals surface area contributed by atoms with E-state index in [0.717, 1.165) is 0 Å². The highest BCUT2D eigenvalue weighted by Crippen LogP contribution is 1.87.